The first-order valence-electron chi connectivity index (χ1n) is 4.41. The highest BCUT2D eigenvalue weighted by Gasteiger charge is 2.29. The molecule has 1 rings (SSSR count). The molecule has 0 radical (unpaired) electrons. The van der Waals surface area contributed by atoms with Crippen molar-refractivity contribution < 1.29 is 14.3 Å². The average molecular weight is 198 g/mol. The molecule has 14 heavy (non-hydrogen) atoms. The molecule has 78 valence electrons. The van der Waals surface area contributed by atoms with Gasteiger partial charge in [-0.2, -0.15) is 0 Å². The van der Waals surface area contributed by atoms with Crippen LogP contribution in [0.15, 0.2) is 12.7 Å². The zero-order valence-electron chi connectivity index (χ0n) is 8.08. The van der Waals surface area contributed by atoms with Crippen LogP contribution in [0.25, 0.3) is 0 Å². The number of ether oxygens (including phenoxy) is 1. The molecule has 5 heteroatoms. The second kappa shape index (κ2) is 4.76. The Morgan fingerprint density at radius 3 is 2.43 bits per heavy atom. The molecule has 0 spiro atoms. The summed E-state index contributed by atoms with van der Waals surface area (Å²) in [6.45, 7) is 5.64. The molecule has 0 aromatic rings. The summed E-state index contributed by atoms with van der Waals surface area (Å²) in [7, 11) is 0. The maximum atomic E-state index is 11.0. The molecule has 0 bridgehead atoms. The maximum Gasteiger partial charge on any atom is 0.243 e. The molecule has 2 amide bonds. The Kier molecular flexibility index (Phi) is 3.64. The Balaban J connectivity index is 2.46. The van der Waals surface area contributed by atoms with Gasteiger partial charge in [-0.05, 0) is 6.08 Å². The van der Waals surface area contributed by atoms with Gasteiger partial charge in [-0.3, -0.25) is 9.59 Å². The minimum atomic E-state index is -0.254. The number of hydrogen-bond donors (Lipinski definition) is 2. The summed E-state index contributed by atoms with van der Waals surface area (Å²) < 4.78 is 5.15. The second-order valence-electron chi connectivity index (χ2n) is 3.16. The van der Waals surface area contributed by atoms with Crippen LogP contribution in [0.4, 0.5) is 0 Å². The van der Waals surface area contributed by atoms with E-state index in [4.69, 9.17) is 4.74 Å². The molecule has 2 N–H and O–H groups in total. The molecule has 0 aliphatic carbocycles. The third kappa shape index (κ3) is 2.85. The van der Waals surface area contributed by atoms with Gasteiger partial charge in [0.2, 0.25) is 11.8 Å². The smallest absolute Gasteiger partial charge is 0.243 e. The number of carbonyl (C=O) groups excluding carboxylic acids is 2. The van der Waals surface area contributed by atoms with Gasteiger partial charge in [0.25, 0.3) is 0 Å². The van der Waals surface area contributed by atoms with E-state index in [1.54, 1.807) is 0 Å². The summed E-state index contributed by atoms with van der Waals surface area (Å²) in [4.78, 5) is 21.8. The average Bonchev–Trinajstić information content (AvgIpc) is 2.52. The molecule has 0 aromatic heterocycles. The van der Waals surface area contributed by atoms with Crippen LogP contribution in [-0.2, 0) is 14.3 Å². The lowest BCUT2D eigenvalue weighted by atomic mass is 10.1. The third-order valence-electron chi connectivity index (χ3n) is 1.98. The van der Waals surface area contributed by atoms with Gasteiger partial charge in [0, 0.05) is 6.92 Å². The lowest BCUT2D eigenvalue weighted by molar-refractivity contribution is -0.121. The van der Waals surface area contributed by atoms with Crippen LogP contribution in [0.3, 0.4) is 0 Å². The number of carbonyl (C=O) groups is 2. The first kappa shape index (κ1) is 10.7. The summed E-state index contributed by atoms with van der Waals surface area (Å²) in [6, 6.07) is -0.305. The summed E-state index contributed by atoms with van der Waals surface area (Å²) in [5, 5.41) is 5.40. The fourth-order valence-electron chi connectivity index (χ4n) is 1.34. The van der Waals surface area contributed by atoms with Gasteiger partial charge in [0.15, 0.2) is 0 Å². The van der Waals surface area contributed by atoms with E-state index in [1.807, 2.05) is 0 Å². The third-order valence-corrected chi connectivity index (χ3v) is 1.98. The van der Waals surface area contributed by atoms with Crippen LogP contribution in [0.5, 0.6) is 0 Å². The Morgan fingerprint density at radius 1 is 1.36 bits per heavy atom. The monoisotopic (exact) mass is 198 g/mol. The van der Waals surface area contributed by atoms with Crippen molar-refractivity contribution in [2.45, 2.75) is 19.0 Å². The van der Waals surface area contributed by atoms with Crippen LogP contribution >= 0.6 is 0 Å². The van der Waals surface area contributed by atoms with Crippen LogP contribution < -0.4 is 10.6 Å². The molecule has 5 nitrogen and oxygen atoms in total. The normalized spacial score (nSPS) is 25.5. The highest BCUT2D eigenvalue weighted by atomic mass is 16.5. The van der Waals surface area contributed by atoms with E-state index >= 15 is 0 Å². The molecular weight excluding hydrogens is 184 g/mol. The highest BCUT2D eigenvalue weighted by Crippen LogP contribution is 2.05. The van der Waals surface area contributed by atoms with Gasteiger partial charge >= 0.3 is 0 Å². The molecule has 1 saturated heterocycles. The molecule has 0 aromatic carbocycles. The molecule has 2 atom stereocenters. The zero-order valence-corrected chi connectivity index (χ0v) is 8.08. The summed E-state index contributed by atoms with van der Waals surface area (Å²) in [5.74, 6) is -0.380. The number of nitrogens with one attached hydrogen (secondary N) is 2. The molecule has 1 fully saturated rings. The van der Waals surface area contributed by atoms with Gasteiger partial charge < -0.3 is 15.4 Å². The fourth-order valence-corrected chi connectivity index (χ4v) is 1.34. The molecule has 1 aliphatic heterocycles. The lowest BCUT2D eigenvalue weighted by Crippen LogP contribution is -2.50. The quantitative estimate of drug-likeness (QED) is 0.583. The fraction of sp³-hybridized carbons (Fsp3) is 0.556. The van der Waals surface area contributed by atoms with E-state index in [2.05, 4.69) is 17.2 Å². The van der Waals surface area contributed by atoms with E-state index in [-0.39, 0.29) is 23.9 Å². The largest absolute Gasteiger partial charge is 0.377 e. The standard InChI is InChI=1S/C9H14N2O3/c1-3-9(13)11-8-5-14-4-7(8)10-6(2)12/h3,7-8H,1,4-5H2,2H3,(H,10,12)(H,11,13). The lowest BCUT2D eigenvalue weighted by Gasteiger charge is -2.18. The Labute approximate surface area is 82.5 Å². The van der Waals surface area contributed by atoms with Crippen molar-refractivity contribution in [1.82, 2.24) is 10.6 Å². The van der Waals surface area contributed by atoms with Gasteiger partial charge in [-0.1, -0.05) is 6.58 Å². The predicted molar refractivity (Wildman–Crippen MR) is 50.6 cm³/mol. The molecule has 1 aliphatic rings. The molecular formula is C9H14N2O3. The Bertz CT molecular complexity index is 252. The predicted octanol–water partition coefficient (Wildman–Crippen LogP) is -0.808. The first-order valence-corrected chi connectivity index (χ1v) is 4.41. The number of rotatable bonds is 3. The van der Waals surface area contributed by atoms with E-state index in [1.165, 1.54) is 13.0 Å². The zero-order chi connectivity index (χ0) is 10.6. The molecule has 1 heterocycles. The summed E-state index contributed by atoms with van der Waals surface area (Å²) >= 11 is 0. The van der Waals surface area contributed by atoms with Crippen molar-refractivity contribution in [1.29, 1.82) is 0 Å². The van der Waals surface area contributed by atoms with Crippen molar-refractivity contribution in [2.24, 2.45) is 0 Å². The van der Waals surface area contributed by atoms with E-state index in [0.29, 0.717) is 13.2 Å². The minimum absolute atomic E-state index is 0.127. The minimum Gasteiger partial charge on any atom is -0.377 e. The summed E-state index contributed by atoms with van der Waals surface area (Å²) in [6.07, 6.45) is 1.20. The molecule has 2 unspecified atom stereocenters. The van der Waals surface area contributed by atoms with Crippen molar-refractivity contribution in [3.63, 3.8) is 0 Å². The Hall–Kier alpha value is -1.36. The summed E-state index contributed by atoms with van der Waals surface area (Å²) in [5.41, 5.74) is 0. The van der Waals surface area contributed by atoms with Gasteiger partial charge in [0.05, 0.1) is 25.3 Å². The van der Waals surface area contributed by atoms with Crippen molar-refractivity contribution in [2.75, 3.05) is 13.2 Å². The topological polar surface area (TPSA) is 67.4 Å². The highest BCUT2D eigenvalue weighted by molar-refractivity contribution is 5.87. The second-order valence-corrected chi connectivity index (χ2v) is 3.16. The molecule has 0 saturated carbocycles. The van der Waals surface area contributed by atoms with Gasteiger partial charge in [0.1, 0.15) is 0 Å². The first-order chi connectivity index (χ1) is 6.63. The number of amides is 2. The van der Waals surface area contributed by atoms with Crippen LogP contribution in [0.1, 0.15) is 6.92 Å². The van der Waals surface area contributed by atoms with Crippen molar-refractivity contribution in [3.8, 4) is 0 Å². The Morgan fingerprint density at radius 2 is 1.93 bits per heavy atom. The number of hydrogen-bond acceptors (Lipinski definition) is 3. The van der Waals surface area contributed by atoms with Crippen LogP contribution in [-0.4, -0.2) is 37.1 Å². The van der Waals surface area contributed by atoms with Gasteiger partial charge in [-0.25, -0.2) is 0 Å². The van der Waals surface area contributed by atoms with E-state index < -0.39 is 0 Å². The van der Waals surface area contributed by atoms with Crippen LogP contribution in [0, 0.1) is 0 Å². The SMILES string of the molecule is C=CC(=O)NC1COCC1NC(C)=O. The van der Waals surface area contributed by atoms with Crippen molar-refractivity contribution >= 4 is 11.8 Å². The van der Waals surface area contributed by atoms with Crippen LogP contribution in [0.2, 0.25) is 0 Å². The van der Waals surface area contributed by atoms with Gasteiger partial charge in [-0.15, -0.1) is 0 Å². The van der Waals surface area contributed by atoms with Crippen molar-refractivity contribution in [3.05, 3.63) is 12.7 Å². The van der Waals surface area contributed by atoms with E-state index in [0.717, 1.165) is 0 Å². The maximum absolute atomic E-state index is 11.0. The van der Waals surface area contributed by atoms with E-state index in [9.17, 15) is 9.59 Å².